The molecule has 0 aliphatic heterocycles. The predicted octanol–water partition coefficient (Wildman–Crippen LogP) is 2.04. The van der Waals surface area contributed by atoms with E-state index in [1.54, 1.807) is 0 Å². The van der Waals surface area contributed by atoms with Crippen LogP contribution in [-0.2, 0) is 9.53 Å². The third-order valence-corrected chi connectivity index (χ3v) is 2.85. The van der Waals surface area contributed by atoms with Gasteiger partial charge in [-0.05, 0) is 25.8 Å². The fourth-order valence-corrected chi connectivity index (χ4v) is 1.86. The zero-order chi connectivity index (χ0) is 14.1. The molecule has 2 atom stereocenters. The molecule has 0 heterocycles. The van der Waals surface area contributed by atoms with Crippen LogP contribution in [0.1, 0.15) is 38.4 Å². The second-order valence-corrected chi connectivity index (χ2v) is 4.58. The van der Waals surface area contributed by atoms with E-state index in [1.807, 2.05) is 44.2 Å². The number of hydrogen-bond acceptors (Lipinski definition) is 3. The monoisotopic (exact) mass is 265 g/mol. The molecule has 2 N–H and O–H groups in total. The smallest absolute Gasteiger partial charge is 0.222 e. The van der Waals surface area contributed by atoms with E-state index in [2.05, 4.69) is 5.32 Å². The standard InChI is InChI=1S/C15H23NO3/c1-3-19-10-9-15(18)16-12(2)11-14(17)13-7-5-4-6-8-13/h4-8,12,14,17H,3,9-11H2,1-2H3,(H,16,18). The lowest BCUT2D eigenvalue weighted by atomic mass is 10.0. The molecule has 0 radical (unpaired) electrons. The second kappa shape index (κ2) is 8.67. The molecule has 0 saturated heterocycles. The van der Waals surface area contributed by atoms with Crippen LogP contribution in [-0.4, -0.2) is 30.3 Å². The van der Waals surface area contributed by atoms with Crippen LogP contribution in [0, 0.1) is 0 Å². The van der Waals surface area contributed by atoms with E-state index in [0.29, 0.717) is 26.1 Å². The van der Waals surface area contributed by atoms with Gasteiger partial charge in [-0.25, -0.2) is 0 Å². The van der Waals surface area contributed by atoms with Crippen molar-refractivity contribution in [1.29, 1.82) is 0 Å². The van der Waals surface area contributed by atoms with E-state index < -0.39 is 6.10 Å². The summed E-state index contributed by atoms with van der Waals surface area (Å²) in [4.78, 5) is 11.6. The van der Waals surface area contributed by atoms with Crippen molar-refractivity contribution < 1.29 is 14.6 Å². The molecule has 0 spiro atoms. The summed E-state index contributed by atoms with van der Waals surface area (Å²) in [7, 11) is 0. The van der Waals surface area contributed by atoms with Gasteiger partial charge < -0.3 is 15.2 Å². The Kier molecular flexibility index (Phi) is 7.15. The molecule has 1 aromatic carbocycles. The average Bonchev–Trinajstić information content (AvgIpc) is 2.39. The zero-order valence-electron chi connectivity index (χ0n) is 11.6. The minimum Gasteiger partial charge on any atom is -0.388 e. The minimum absolute atomic E-state index is 0.0405. The van der Waals surface area contributed by atoms with Gasteiger partial charge in [-0.1, -0.05) is 30.3 Å². The molecule has 0 saturated carbocycles. The number of nitrogens with one attached hydrogen (secondary N) is 1. The maximum atomic E-state index is 11.6. The molecule has 106 valence electrons. The largest absolute Gasteiger partial charge is 0.388 e. The third-order valence-electron chi connectivity index (χ3n) is 2.85. The number of ether oxygens (including phenoxy) is 1. The molecular weight excluding hydrogens is 242 g/mol. The summed E-state index contributed by atoms with van der Waals surface area (Å²) in [6, 6.07) is 9.40. The van der Waals surface area contributed by atoms with Gasteiger partial charge in [-0.15, -0.1) is 0 Å². The highest BCUT2D eigenvalue weighted by Gasteiger charge is 2.13. The second-order valence-electron chi connectivity index (χ2n) is 4.58. The van der Waals surface area contributed by atoms with Crippen molar-refractivity contribution in [1.82, 2.24) is 5.32 Å². The van der Waals surface area contributed by atoms with Crippen LogP contribution >= 0.6 is 0 Å². The summed E-state index contributed by atoms with van der Waals surface area (Å²) in [5.74, 6) is -0.0405. The van der Waals surface area contributed by atoms with Gasteiger partial charge in [0.2, 0.25) is 5.91 Å². The van der Waals surface area contributed by atoms with Crippen LogP contribution in [0.25, 0.3) is 0 Å². The molecule has 4 heteroatoms. The summed E-state index contributed by atoms with van der Waals surface area (Å²) in [6.45, 7) is 4.85. The van der Waals surface area contributed by atoms with Crippen LogP contribution in [0.15, 0.2) is 30.3 Å². The summed E-state index contributed by atoms with van der Waals surface area (Å²) < 4.78 is 5.13. The molecule has 0 aliphatic rings. The highest BCUT2D eigenvalue weighted by Crippen LogP contribution is 2.17. The van der Waals surface area contributed by atoms with Crippen molar-refractivity contribution in [2.75, 3.05) is 13.2 Å². The van der Waals surface area contributed by atoms with E-state index in [0.717, 1.165) is 5.56 Å². The predicted molar refractivity (Wildman–Crippen MR) is 74.7 cm³/mol. The lowest BCUT2D eigenvalue weighted by Gasteiger charge is -2.18. The Balaban J connectivity index is 2.30. The first-order valence-corrected chi connectivity index (χ1v) is 6.73. The van der Waals surface area contributed by atoms with Gasteiger partial charge >= 0.3 is 0 Å². The first-order valence-electron chi connectivity index (χ1n) is 6.73. The maximum absolute atomic E-state index is 11.6. The highest BCUT2D eigenvalue weighted by molar-refractivity contribution is 5.76. The molecule has 1 amide bonds. The molecule has 0 fully saturated rings. The Morgan fingerprint density at radius 2 is 2.05 bits per heavy atom. The molecule has 0 aromatic heterocycles. The molecule has 1 rings (SSSR count). The van der Waals surface area contributed by atoms with E-state index in [4.69, 9.17) is 4.74 Å². The number of carbonyl (C=O) groups excluding carboxylic acids is 1. The highest BCUT2D eigenvalue weighted by atomic mass is 16.5. The van der Waals surface area contributed by atoms with E-state index in [9.17, 15) is 9.90 Å². The lowest BCUT2D eigenvalue weighted by molar-refractivity contribution is -0.122. The molecule has 0 bridgehead atoms. The molecule has 1 aromatic rings. The molecule has 4 nitrogen and oxygen atoms in total. The quantitative estimate of drug-likeness (QED) is 0.707. The van der Waals surface area contributed by atoms with Gasteiger partial charge in [0.15, 0.2) is 0 Å². The minimum atomic E-state index is -0.552. The van der Waals surface area contributed by atoms with Crippen LogP contribution in [0.4, 0.5) is 0 Å². The summed E-state index contributed by atoms with van der Waals surface area (Å²) in [5, 5.41) is 12.9. The Bertz CT molecular complexity index is 367. The number of hydrogen-bond donors (Lipinski definition) is 2. The third kappa shape index (κ3) is 6.36. The van der Waals surface area contributed by atoms with Crippen molar-refractivity contribution in [2.24, 2.45) is 0 Å². The maximum Gasteiger partial charge on any atom is 0.222 e. The van der Waals surface area contributed by atoms with Gasteiger partial charge in [-0.2, -0.15) is 0 Å². The number of aliphatic hydroxyl groups is 1. The Morgan fingerprint density at radius 1 is 1.37 bits per heavy atom. The number of amides is 1. The number of rotatable bonds is 8. The Hall–Kier alpha value is -1.39. The lowest BCUT2D eigenvalue weighted by Crippen LogP contribution is -2.34. The summed E-state index contributed by atoms with van der Waals surface area (Å²) in [6.07, 6.45) is 0.313. The van der Waals surface area contributed by atoms with Gasteiger partial charge in [-0.3, -0.25) is 4.79 Å². The van der Waals surface area contributed by atoms with Crippen LogP contribution < -0.4 is 5.32 Å². The first kappa shape index (κ1) is 15.7. The van der Waals surface area contributed by atoms with Crippen molar-refractivity contribution in [3.8, 4) is 0 Å². The van der Waals surface area contributed by atoms with Crippen molar-refractivity contribution in [3.63, 3.8) is 0 Å². The first-order chi connectivity index (χ1) is 9.13. The Labute approximate surface area is 114 Å². The number of benzene rings is 1. The van der Waals surface area contributed by atoms with Gasteiger partial charge in [0.25, 0.3) is 0 Å². The van der Waals surface area contributed by atoms with Gasteiger partial charge in [0.05, 0.1) is 12.7 Å². The van der Waals surface area contributed by atoms with Crippen LogP contribution in [0.5, 0.6) is 0 Å². The number of carbonyl (C=O) groups is 1. The van der Waals surface area contributed by atoms with E-state index in [1.165, 1.54) is 0 Å². The van der Waals surface area contributed by atoms with Crippen LogP contribution in [0.2, 0.25) is 0 Å². The summed E-state index contributed by atoms with van der Waals surface area (Å²) in [5.41, 5.74) is 0.873. The fourth-order valence-electron chi connectivity index (χ4n) is 1.86. The van der Waals surface area contributed by atoms with Crippen molar-refractivity contribution in [2.45, 2.75) is 38.8 Å². The average molecular weight is 265 g/mol. The van der Waals surface area contributed by atoms with Gasteiger partial charge in [0.1, 0.15) is 0 Å². The summed E-state index contributed by atoms with van der Waals surface area (Å²) >= 11 is 0. The van der Waals surface area contributed by atoms with Gasteiger partial charge in [0, 0.05) is 19.1 Å². The molecule has 0 aliphatic carbocycles. The SMILES string of the molecule is CCOCCC(=O)NC(C)CC(O)c1ccccc1. The Morgan fingerprint density at radius 3 is 2.68 bits per heavy atom. The molecule has 19 heavy (non-hydrogen) atoms. The van der Waals surface area contributed by atoms with E-state index >= 15 is 0 Å². The zero-order valence-corrected chi connectivity index (χ0v) is 11.6. The molecular formula is C15H23NO3. The number of aliphatic hydroxyl groups excluding tert-OH is 1. The normalized spacial score (nSPS) is 13.8. The topological polar surface area (TPSA) is 58.6 Å². The van der Waals surface area contributed by atoms with E-state index in [-0.39, 0.29) is 11.9 Å². The van der Waals surface area contributed by atoms with Crippen LogP contribution in [0.3, 0.4) is 0 Å². The van der Waals surface area contributed by atoms with Crippen molar-refractivity contribution >= 4 is 5.91 Å². The van der Waals surface area contributed by atoms with Crippen molar-refractivity contribution in [3.05, 3.63) is 35.9 Å². The fraction of sp³-hybridized carbons (Fsp3) is 0.533. The molecule has 2 unspecified atom stereocenters.